The third-order valence-corrected chi connectivity index (χ3v) is 8.76. The second-order valence-corrected chi connectivity index (χ2v) is 14.8. The Balaban J connectivity index is 4.54. The number of nitrogens with zero attached hydrogens (tertiary/aromatic N) is 1. The van der Waals surface area contributed by atoms with Gasteiger partial charge in [-0.25, -0.2) is 4.57 Å². The van der Waals surface area contributed by atoms with E-state index in [2.05, 4.69) is 123 Å². The van der Waals surface area contributed by atoms with Crippen LogP contribution >= 0.6 is 7.82 Å². The van der Waals surface area contributed by atoms with E-state index in [9.17, 15) is 19.0 Å². The molecule has 0 aromatic carbocycles. The molecular formula is C47H74NO8P. The van der Waals surface area contributed by atoms with Gasteiger partial charge in [0.2, 0.25) is 0 Å². The molecule has 10 heteroatoms. The highest BCUT2D eigenvalue weighted by Gasteiger charge is 2.26. The highest BCUT2D eigenvalue weighted by Crippen LogP contribution is 2.43. The Bertz CT molecular complexity index is 1350. The molecule has 0 aliphatic carbocycles. The minimum atomic E-state index is -4.40. The monoisotopic (exact) mass is 812 g/mol. The lowest BCUT2D eigenvalue weighted by Gasteiger charge is -2.20. The van der Waals surface area contributed by atoms with Crippen LogP contribution in [-0.4, -0.2) is 68.3 Å². The first-order valence-corrected chi connectivity index (χ1v) is 22.3. The standard InChI is InChI=1S/C47H74NO8P/c1-5-7-9-11-13-15-17-19-21-22-23-24-26-27-29-31-33-35-37-39-46(49)53-43-45(44-55-57(51,52)54-42-41-48(3)4)56-47(50)40-38-36-34-32-30-28-25-20-18-16-14-12-10-8-6-2/h7-10,13-16,19-21,23-25,27,29-30,32-33,35,45H,5-6,11-12,17-18,22,26,28,31,34,36-44H2,1-4H3,(H,51,52)/b9-7-,10-8-,15-13-,16-14-,21-19-,24-23-,25-20-,29-27-,32-30-,35-33-. The maximum Gasteiger partial charge on any atom is 0.472 e. The minimum Gasteiger partial charge on any atom is -0.462 e. The molecule has 0 radical (unpaired) electrons. The van der Waals surface area contributed by atoms with E-state index in [4.69, 9.17) is 18.5 Å². The lowest BCUT2D eigenvalue weighted by atomic mass is 10.2. The molecule has 0 bridgehead atoms. The summed E-state index contributed by atoms with van der Waals surface area (Å²) in [5.41, 5.74) is 0. The van der Waals surface area contributed by atoms with Gasteiger partial charge in [-0.1, -0.05) is 135 Å². The molecule has 57 heavy (non-hydrogen) atoms. The third-order valence-electron chi connectivity index (χ3n) is 7.78. The van der Waals surface area contributed by atoms with Crippen LogP contribution in [0.2, 0.25) is 0 Å². The molecule has 0 aromatic heterocycles. The van der Waals surface area contributed by atoms with Crippen LogP contribution in [-0.2, 0) is 32.7 Å². The van der Waals surface area contributed by atoms with Gasteiger partial charge in [0.25, 0.3) is 0 Å². The number of phosphoric acid groups is 1. The first-order chi connectivity index (χ1) is 27.7. The number of esters is 2. The quantitative estimate of drug-likeness (QED) is 0.0286. The zero-order valence-corrected chi connectivity index (χ0v) is 36.4. The van der Waals surface area contributed by atoms with Crippen molar-refractivity contribution in [2.45, 2.75) is 123 Å². The first-order valence-electron chi connectivity index (χ1n) is 20.8. The maximum absolute atomic E-state index is 12.6. The summed E-state index contributed by atoms with van der Waals surface area (Å²) in [4.78, 5) is 36.9. The zero-order valence-electron chi connectivity index (χ0n) is 35.5. The summed E-state index contributed by atoms with van der Waals surface area (Å²) < 4.78 is 33.3. The molecule has 2 atom stereocenters. The molecule has 0 amide bonds. The van der Waals surface area contributed by atoms with E-state index in [0.29, 0.717) is 19.4 Å². The maximum atomic E-state index is 12.6. The minimum absolute atomic E-state index is 0.0197. The van der Waals surface area contributed by atoms with Crippen molar-refractivity contribution < 1.29 is 37.6 Å². The molecule has 0 saturated carbocycles. The number of allylic oxidation sites excluding steroid dienone is 20. The van der Waals surface area contributed by atoms with Crippen molar-refractivity contribution in [3.8, 4) is 0 Å². The summed E-state index contributed by atoms with van der Waals surface area (Å²) in [5.74, 6) is -0.966. The topological polar surface area (TPSA) is 112 Å². The normalized spacial score (nSPS) is 14.6. The Hall–Kier alpha value is -3.59. The highest BCUT2D eigenvalue weighted by atomic mass is 31.2. The van der Waals surface area contributed by atoms with Crippen LogP contribution in [0.3, 0.4) is 0 Å². The number of likely N-dealkylation sites (N-methyl/N-ethyl adjacent to an activating group) is 1. The Morgan fingerprint density at radius 3 is 1.40 bits per heavy atom. The second-order valence-electron chi connectivity index (χ2n) is 13.4. The number of rotatable bonds is 36. The number of hydrogen-bond donors (Lipinski definition) is 1. The Labute approximate surface area is 346 Å². The van der Waals surface area contributed by atoms with Crippen molar-refractivity contribution in [3.05, 3.63) is 122 Å². The van der Waals surface area contributed by atoms with Crippen LogP contribution in [0.5, 0.6) is 0 Å². The molecule has 1 N–H and O–H groups in total. The van der Waals surface area contributed by atoms with Gasteiger partial charge in [-0.2, -0.15) is 0 Å². The summed E-state index contributed by atoms with van der Waals surface area (Å²) in [5, 5.41) is 0. The smallest absolute Gasteiger partial charge is 0.462 e. The summed E-state index contributed by atoms with van der Waals surface area (Å²) >= 11 is 0. The van der Waals surface area contributed by atoms with Crippen molar-refractivity contribution in [1.29, 1.82) is 0 Å². The van der Waals surface area contributed by atoms with Crippen LogP contribution in [0.4, 0.5) is 0 Å². The van der Waals surface area contributed by atoms with E-state index in [1.165, 1.54) is 0 Å². The molecule has 0 aromatic rings. The van der Waals surface area contributed by atoms with Crippen LogP contribution in [0.1, 0.15) is 117 Å². The molecule has 2 unspecified atom stereocenters. The fourth-order valence-corrected chi connectivity index (χ4v) is 5.38. The Kier molecular flexibility index (Phi) is 38.0. The van der Waals surface area contributed by atoms with E-state index >= 15 is 0 Å². The van der Waals surface area contributed by atoms with Crippen LogP contribution in [0, 0.1) is 0 Å². The summed E-state index contributed by atoms with van der Waals surface area (Å²) in [6.45, 7) is 3.91. The molecular weight excluding hydrogens is 737 g/mol. The first kappa shape index (κ1) is 53.4. The number of unbranched alkanes of at least 4 members (excludes halogenated alkanes) is 2. The predicted molar refractivity (Wildman–Crippen MR) is 238 cm³/mol. The molecule has 0 aliphatic heterocycles. The Morgan fingerprint density at radius 2 is 0.965 bits per heavy atom. The van der Waals surface area contributed by atoms with Gasteiger partial charge in [-0.05, 0) is 104 Å². The molecule has 0 spiro atoms. The summed E-state index contributed by atoms with van der Waals surface area (Å²) in [6, 6.07) is 0. The molecule has 0 saturated heterocycles. The summed E-state index contributed by atoms with van der Waals surface area (Å²) in [7, 11) is -0.785. The van der Waals surface area contributed by atoms with Crippen molar-refractivity contribution in [1.82, 2.24) is 4.90 Å². The van der Waals surface area contributed by atoms with E-state index in [1.54, 1.807) is 19.0 Å². The van der Waals surface area contributed by atoms with E-state index < -0.39 is 32.5 Å². The van der Waals surface area contributed by atoms with E-state index in [-0.39, 0.29) is 26.1 Å². The van der Waals surface area contributed by atoms with Gasteiger partial charge < -0.3 is 19.3 Å². The fourth-order valence-electron chi connectivity index (χ4n) is 4.64. The average Bonchev–Trinajstić information content (AvgIpc) is 3.18. The predicted octanol–water partition coefficient (Wildman–Crippen LogP) is 12.0. The van der Waals surface area contributed by atoms with Crippen molar-refractivity contribution >= 4 is 19.8 Å². The van der Waals surface area contributed by atoms with Crippen LogP contribution < -0.4 is 0 Å². The van der Waals surface area contributed by atoms with E-state index in [0.717, 1.165) is 77.0 Å². The van der Waals surface area contributed by atoms with Gasteiger partial charge in [-0.15, -0.1) is 0 Å². The second kappa shape index (κ2) is 40.6. The lowest BCUT2D eigenvalue weighted by molar-refractivity contribution is -0.161. The molecule has 0 fully saturated rings. The average molecular weight is 812 g/mol. The number of phosphoric ester groups is 1. The van der Waals surface area contributed by atoms with Crippen molar-refractivity contribution in [2.24, 2.45) is 0 Å². The van der Waals surface area contributed by atoms with Gasteiger partial charge in [0.15, 0.2) is 6.10 Å². The molecule has 0 heterocycles. The molecule has 320 valence electrons. The number of carbonyl (C=O) groups is 2. The van der Waals surface area contributed by atoms with E-state index in [1.807, 2.05) is 12.2 Å². The fraction of sp³-hybridized carbons (Fsp3) is 0.532. The van der Waals surface area contributed by atoms with Gasteiger partial charge in [-0.3, -0.25) is 18.6 Å². The molecule has 9 nitrogen and oxygen atoms in total. The third kappa shape index (κ3) is 41.9. The highest BCUT2D eigenvalue weighted by molar-refractivity contribution is 7.47. The SMILES string of the molecule is CC/C=C\C/C=C\C/C=C\C/C=C\C/C=C\C/C=C\CCC(=O)OCC(COP(=O)(O)OCCN(C)C)OC(=O)CCCC/C=C\C/C=C\C/C=C\C/C=C\CC. The molecule has 0 rings (SSSR count). The Morgan fingerprint density at radius 1 is 0.544 bits per heavy atom. The van der Waals surface area contributed by atoms with Gasteiger partial charge in [0, 0.05) is 19.4 Å². The van der Waals surface area contributed by atoms with Gasteiger partial charge in [0.05, 0.1) is 13.2 Å². The van der Waals surface area contributed by atoms with Crippen molar-refractivity contribution in [3.63, 3.8) is 0 Å². The van der Waals surface area contributed by atoms with Crippen molar-refractivity contribution in [2.75, 3.05) is 40.5 Å². The summed E-state index contributed by atoms with van der Waals surface area (Å²) in [6.07, 6.45) is 54.1. The van der Waals surface area contributed by atoms with Crippen LogP contribution in [0.15, 0.2) is 122 Å². The van der Waals surface area contributed by atoms with Gasteiger partial charge >= 0.3 is 19.8 Å². The molecule has 0 aliphatic rings. The lowest BCUT2D eigenvalue weighted by Crippen LogP contribution is -2.29. The number of ether oxygens (including phenoxy) is 2. The number of hydrogen-bond acceptors (Lipinski definition) is 8. The largest absolute Gasteiger partial charge is 0.472 e. The van der Waals surface area contributed by atoms with Crippen LogP contribution in [0.25, 0.3) is 0 Å². The number of carbonyl (C=O) groups excluding carboxylic acids is 2. The zero-order chi connectivity index (χ0) is 41.9. The van der Waals surface area contributed by atoms with Gasteiger partial charge in [0.1, 0.15) is 6.61 Å².